The summed E-state index contributed by atoms with van der Waals surface area (Å²) in [5.74, 6) is -1.02. The number of fused-ring (bicyclic) bond motifs is 1. The topological polar surface area (TPSA) is 91.4 Å². The van der Waals surface area contributed by atoms with Crippen molar-refractivity contribution in [3.63, 3.8) is 0 Å². The summed E-state index contributed by atoms with van der Waals surface area (Å²) < 4.78 is 5.19. The van der Waals surface area contributed by atoms with Crippen LogP contribution in [0.1, 0.15) is 11.1 Å². The number of aliphatic carboxylic acids is 1. The van der Waals surface area contributed by atoms with Crippen molar-refractivity contribution in [2.75, 3.05) is 5.32 Å². The predicted molar refractivity (Wildman–Crippen MR) is 95.2 cm³/mol. The molecule has 0 aliphatic carbocycles. The molecule has 25 heavy (non-hydrogen) atoms. The van der Waals surface area contributed by atoms with Crippen LogP contribution >= 0.6 is 0 Å². The number of carboxylic acids is 1. The summed E-state index contributed by atoms with van der Waals surface area (Å²) in [4.78, 5) is 25.6. The first-order chi connectivity index (χ1) is 12.1. The summed E-state index contributed by atoms with van der Waals surface area (Å²) in [5, 5.41) is 12.2. The Bertz CT molecular complexity index is 929. The van der Waals surface area contributed by atoms with Crippen LogP contribution in [0.2, 0.25) is 0 Å². The monoisotopic (exact) mass is 336 g/mol. The molecular formula is C19H16N2O4. The molecule has 0 aliphatic rings. The van der Waals surface area contributed by atoms with Crippen molar-refractivity contribution in [3.05, 3.63) is 71.9 Å². The van der Waals surface area contributed by atoms with Crippen molar-refractivity contribution >= 4 is 34.7 Å². The van der Waals surface area contributed by atoms with Gasteiger partial charge in [0.15, 0.2) is 0 Å². The molecule has 0 saturated carbocycles. The van der Waals surface area contributed by atoms with E-state index in [1.807, 2.05) is 30.3 Å². The average molecular weight is 336 g/mol. The first-order valence-electron chi connectivity index (χ1n) is 7.61. The van der Waals surface area contributed by atoms with Crippen molar-refractivity contribution in [1.82, 2.24) is 4.98 Å². The molecule has 0 saturated heterocycles. The number of carbonyl (C=O) groups is 2. The minimum Gasteiger partial charge on any atom is -0.478 e. The van der Waals surface area contributed by atoms with Gasteiger partial charge in [-0.05, 0) is 29.8 Å². The number of anilines is 1. The van der Waals surface area contributed by atoms with Gasteiger partial charge in [0.25, 0.3) is 0 Å². The number of nitrogens with one attached hydrogen (secondary N) is 2. The van der Waals surface area contributed by atoms with E-state index in [0.717, 1.165) is 28.1 Å². The number of carboxylic acid groups (broad SMARTS) is 1. The average Bonchev–Trinajstić information content (AvgIpc) is 3.01. The largest absolute Gasteiger partial charge is 0.478 e. The molecule has 0 radical (unpaired) electrons. The van der Waals surface area contributed by atoms with Crippen LogP contribution in [0.15, 0.2) is 60.8 Å². The number of hydrogen-bond donors (Lipinski definition) is 3. The van der Waals surface area contributed by atoms with Crippen LogP contribution in [-0.2, 0) is 16.1 Å². The van der Waals surface area contributed by atoms with Crippen molar-refractivity contribution in [3.8, 4) is 0 Å². The molecule has 1 aromatic heterocycles. The van der Waals surface area contributed by atoms with Gasteiger partial charge in [0.1, 0.15) is 6.61 Å². The van der Waals surface area contributed by atoms with Gasteiger partial charge in [0.05, 0.1) is 0 Å². The molecule has 0 spiro atoms. The molecule has 0 fully saturated rings. The Labute approximate surface area is 143 Å². The van der Waals surface area contributed by atoms with Crippen LogP contribution in [0.3, 0.4) is 0 Å². The molecule has 6 heteroatoms. The van der Waals surface area contributed by atoms with E-state index >= 15 is 0 Å². The second-order valence-electron chi connectivity index (χ2n) is 5.36. The summed E-state index contributed by atoms with van der Waals surface area (Å²) in [6.07, 6.45) is 3.72. The summed E-state index contributed by atoms with van der Waals surface area (Å²) in [6, 6.07) is 14.7. The minimum atomic E-state index is -1.02. The highest BCUT2D eigenvalue weighted by Gasteiger charge is 2.07. The van der Waals surface area contributed by atoms with E-state index in [2.05, 4.69) is 10.3 Å². The van der Waals surface area contributed by atoms with Crippen LogP contribution in [0.4, 0.5) is 10.5 Å². The maximum atomic E-state index is 11.9. The summed E-state index contributed by atoms with van der Waals surface area (Å²) in [7, 11) is 0. The second-order valence-corrected chi connectivity index (χ2v) is 5.36. The van der Waals surface area contributed by atoms with Gasteiger partial charge in [-0.15, -0.1) is 0 Å². The lowest BCUT2D eigenvalue weighted by molar-refractivity contribution is -0.131. The Balaban J connectivity index is 1.69. The van der Waals surface area contributed by atoms with E-state index in [1.165, 1.54) is 6.08 Å². The first kappa shape index (κ1) is 16.3. The number of ether oxygens (including phenoxy) is 1. The molecule has 0 bridgehead atoms. The Morgan fingerprint density at radius 2 is 1.96 bits per heavy atom. The fourth-order valence-electron chi connectivity index (χ4n) is 2.40. The van der Waals surface area contributed by atoms with Crippen molar-refractivity contribution in [1.29, 1.82) is 0 Å². The molecule has 3 aromatic rings. The zero-order chi connectivity index (χ0) is 17.6. The van der Waals surface area contributed by atoms with Gasteiger partial charge in [-0.25, -0.2) is 9.59 Å². The predicted octanol–water partition coefficient (Wildman–Crippen LogP) is 4.01. The standard InChI is InChI=1S/C19H16N2O4/c22-18(23)9-6-14-11-20-17-8-7-15(10-16(14)17)21-19(24)25-12-13-4-2-1-3-5-13/h1-11,20H,12H2,(H,21,24)(H,22,23)/b9-6-. The number of H-pyrrole nitrogens is 1. The lowest BCUT2D eigenvalue weighted by Gasteiger charge is -2.07. The van der Waals surface area contributed by atoms with Gasteiger partial charge < -0.3 is 14.8 Å². The summed E-state index contributed by atoms with van der Waals surface area (Å²) in [6.45, 7) is 0.186. The third-order valence-electron chi connectivity index (χ3n) is 3.58. The van der Waals surface area contributed by atoms with Crippen molar-refractivity contribution in [2.45, 2.75) is 6.61 Å². The normalized spacial score (nSPS) is 10.9. The number of carbonyl (C=O) groups excluding carboxylic acids is 1. The lowest BCUT2D eigenvalue weighted by Crippen LogP contribution is -2.13. The smallest absolute Gasteiger partial charge is 0.411 e. The molecule has 2 aromatic carbocycles. The maximum Gasteiger partial charge on any atom is 0.411 e. The lowest BCUT2D eigenvalue weighted by atomic mass is 10.1. The quantitative estimate of drug-likeness (QED) is 0.614. The van der Waals surface area contributed by atoms with E-state index in [9.17, 15) is 9.59 Å². The van der Waals surface area contributed by atoms with Gasteiger partial charge in [-0.3, -0.25) is 5.32 Å². The van der Waals surface area contributed by atoms with Crippen LogP contribution < -0.4 is 5.32 Å². The molecular weight excluding hydrogens is 320 g/mol. The molecule has 3 rings (SSSR count). The maximum absolute atomic E-state index is 11.9. The van der Waals surface area contributed by atoms with Crippen LogP contribution in [0.5, 0.6) is 0 Å². The Kier molecular flexibility index (Phi) is 4.80. The molecule has 0 atom stereocenters. The Morgan fingerprint density at radius 3 is 2.72 bits per heavy atom. The molecule has 0 aliphatic heterocycles. The van der Waals surface area contributed by atoms with E-state index in [4.69, 9.17) is 9.84 Å². The van der Waals surface area contributed by atoms with Crippen LogP contribution in [0, 0.1) is 0 Å². The zero-order valence-corrected chi connectivity index (χ0v) is 13.2. The minimum absolute atomic E-state index is 0.186. The highest BCUT2D eigenvalue weighted by atomic mass is 16.5. The van der Waals surface area contributed by atoms with Crippen LogP contribution in [0.25, 0.3) is 17.0 Å². The Hall–Kier alpha value is -3.54. The molecule has 3 N–H and O–H groups in total. The molecule has 0 unspecified atom stereocenters. The SMILES string of the molecule is O=C(O)/C=C\c1c[nH]c2ccc(NC(=O)OCc3ccccc3)cc12. The van der Waals surface area contributed by atoms with Crippen molar-refractivity contribution in [2.24, 2.45) is 0 Å². The van der Waals surface area contributed by atoms with Gasteiger partial charge >= 0.3 is 12.1 Å². The fourth-order valence-corrected chi connectivity index (χ4v) is 2.40. The fraction of sp³-hybridized carbons (Fsp3) is 0.0526. The van der Waals surface area contributed by atoms with E-state index in [-0.39, 0.29) is 6.61 Å². The highest BCUT2D eigenvalue weighted by Crippen LogP contribution is 2.23. The third kappa shape index (κ3) is 4.26. The third-order valence-corrected chi connectivity index (χ3v) is 3.58. The molecule has 6 nitrogen and oxygen atoms in total. The summed E-state index contributed by atoms with van der Waals surface area (Å²) >= 11 is 0. The van der Waals surface area contributed by atoms with Gasteiger partial charge in [-0.1, -0.05) is 30.3 Å². The number of rotatable bonds is 5. The summed E-state index contributed by atoms with van der Waals surface area (Å²) in [5.41, 5.74) is 3.03. The molecule has 126 valence electrons. The van der Waals surface area contributed by atoms with Gasteiger partial charge in [0, 0.05) is 34.4 Å². The number of amides is 1. The number of benzene rings is 2. The second kappa shape index (κ2) is 7.35. The van der Waals surface area contributed by atoms with Gasteiger partial charge in [-0.2, -0.15) is 0 Å². The highest BCUT2D eigenvalue weighted by molar-refractivity contribution is 5.96. The number of aromatic nitrogens is 1. The zero-order valence-electron chi connectivity index (χ0n) is 13.2. The van der Waals surface area contributed by atoms with E-state index in [0.29, 0.717) is 5.69 Å². The van der Waals surface area contributed by atoms with E-state index < -0.39 is 12.1 Å². The van der Waals surface area contributed by atoms with Crippen LogP contribution in [-0.4, -0.2) is 22.2 Å². The van der Waals surface area contributed by atoms with E-state index in [1.54, 1.807) is 24.4 Å². The molecule has 1 amide bonds. The Morgan fingerprint density at radius 1 is 1.16 bits per heavy atom. The first-order valence-corrected chi connectivity index (χ1v) is 7.61. The molecule has 1 heterocycles. The van der Waals surface area contributed by atoms with Gasteiger partial charge in [0.2, 0.25) is 0 Å². The number of aromatic amines is 1. The number of hydrogen-bond acceptors (Lipinski definition) is 3. The van der Waals surface area contributed by atoms with Crippen molar-refractivity contribution < 1.29 is 19.4 Å².